The molecule has 3 aromatic carbocycles. The molecule has 3 fully saturated rings. The van der Waals surface area contributed by atoms with E-state index in [0.29, 0.717) is 24.9 Å². The molecule has 9 rings (SSSR count). The van der Waals surface area contributed by atoms with Gasteiger partial charge in [-0.3, -0.25) is 4.79 Å². The fraction of sp³-hybridized carbons (Fsp3) is 0.478. The molecule has 0 saturated heterocycles. The summed E-state index contributed by atoms with van der Waals surface area (Å²) in [7, 11) is 0. The molecule has 6 aliphatic rings. The number of carbonyl (C=O) groups excluding carboxylic acids is 2. The number of aliphatic hydroxyl groups excluding tert-OH is 1. The summed E-state index contributed by atoms with van der Waals surface area (Å²) in [6.45, 7) is 9.20. The molecule has 0 radical (unpaired) electrons. The molecule has 0 heterocycles. The summed E-state index contributed by atoms with van der Waals surface area (Å²) < 4.78 is 0. The number of Topliss-reactive ketones (excluding diaryl/α,β-unsaturated/α-hetero) is 1. The van der Waals surface area contributed by atoms with E-state index >= 15 is 4.79 Å². The summed E-state index contributed by atoms with van der Waals surface area (Å²) in [5.74, 6) is 0.264. The lowest BCUT2D eigenvalue weighted by atomic mass is 9.32. The zero-order valence-corrected chi connectivity index (χ0v) is 31.1. The second-order valence-electron chi connectivity index (χ2n) is 17.5. The molecule has 6 heteroatoms. The van der Waals surface area contributed by atoms with Crippen molar-refractivity contribution >= 4 is 11.8 Å². The number of ketones is 1. The van der Waals surface area contributed by atoms with E-state index in [0.717, 1.165) is 54.4 Å². The van der Waals surface area contributed by atoms with Crippen molar-refractivity contribution < 1.29 is 19.8 Å². The van der Waals surface area contributed by atoms with Crippen LogP contribution >= 0.6 is 0 Å². The van der Waals surface area contributed by atoms with Crippen LogP contribution in [0.4, 0.5) is 4.79 Å². The smallest absolute Gasteiger partial charge is 0.317 e. The first-order valence-corrected chi connectivity index (χ1v) is 19.5. The molecule has 0 aliphatic heterocycles. The lowest BCUT2D eigenvalue weighted by molar-refractivity contribution is -0.174. The fourth-order valence-electron chi connectivity index (χ4n) is 11.9. The van der Waals surface area contributed by atoms with E-state index < -0.39 is 27.9 Å². The zero-order chi connectivity index (χ0) is 36.5. The topological polar surface area (TPSA) is 89.9 Å². The van der Waals surface area contributed by atoms with Gasteiger partial charge in [0.05, 0.1) is 18.2 Å². The molecular weight excluding hydrogens is 645 g/mol. The monoisotopic (exact) mass is 698 g/mol. The van der Waals surface area contributed by atoms with Crippen molar-refractivity contribution in [3.8, 4) is 11.1 Å². The largest absolute Gasteiger partial charge is 0.393 e. The Morgan fingerprint density at radius 1 is 0.808 bits per heavy atom. The van der Waals surface area contributed by atoms with Crippen LogP contribution in [-0.4, -0.2) is 51.2 Å². The maximum Gasteiger partial charge on any atom is 0.317 e. The summed E-state index contributed by atoms with van der Waals surface area (Å²) in [5.41, 5.74) is 1.98. The SMILES string of the molecule is CC(C)NC(=O)N(Cc1ccccc1)C[C@]1(O)CC[C@H]2[C@]34C=C[C@@]5(C=C3C(=O)c3ccc(-c6ccccc6)cc3)CC(O)CC[C@]5(C)[C@H]4CC[C@@]21C. The number of hydrogen-bond acceptors (Lipinski definition) is 4. The number of allylic oxidation sites excluding steroid dienone is 4. The van der Waals surface area contributed by atoms with Crippen LogP contribution < -0.4 is 5.32 Å². The second-order valence-corrected chi connectivity index (χ2v) is 17.5. The number of nitrogens with one attached hydrogen (secondary N) is 1. The van der Waals surface area contributed by atoms with Crippen molar-refractivity contribution in [2.75, 3.05) is 6.54 Å². The molecule has 2 amide bonds. The molecule has 52 heavy (non-hydrogen) atoms. The van der Waals surface area contributed by atoms with E-state index in [9.17, 15) is 15.0 Å². The molecule has 6 nitrogen and oxygen atoms in total. The predicted octanol–water partition coefficient (Wildman–Crippen LogP) is 8.75. The van der Waals surface area contributed by atoms with Gasteiger partial charge in [-0.05, 0) is 92.7 Å². The van der Waals surface area contributed by atoms with Crippen molar-refractivity contribution in [3.63, 3.8) is 0 Å². The number of nitrogens with zero attached hydrogens (tertiary/aromatic N) is 1. The van der Waals surface area contributed by atoms with Crippen LogP contribution in [-0.2, 0) is 6.54 Å². The van der Waals surface area contributed by atoms with Crippen LogP contribution in [0.1, 0.15) is 88.6 Å². The summed E-state index contributed by atoms with van der Waals surface area (Å²) in [6, 6.07) is 28.1. The molecule has 272 valence electrons. The number of aliphatic hydroxyl groups is 2. The highest BCUT2D eigenvalue weighted by atomic mass is 16.3. The molecule has 2 spiro atoms. The van der Waals surface area contributed by atoms with Crippen molar-refractivity contribution in [1.29, 1.82) is 0 Å². The minimum Gasteiger partial charge on any atom is -0.393 e. The molecule has 8 atom stereocenters. The number of hydrogen-bond donors (Lipinski definition) is 3. The highest BCUT2D eigenvalue weighted by Crippen LogP contribution is 2.78. The zero-order valence-electron chi connectivity index (χ0n) is 31.1. The molecule has 3 N–H and O–H groups in total. The Morgan fingerprint density at radius 2 is 1.42 bits per heavy atom. The lowest BCUT2D eigenvalue weighted by Crippen LogP contribution is -2.67. The quantitative estimate of drug-likeness (QED) is 0.162. The van der Waals surface area contributed by atoms with E-state index in [1.54, 1.807) is 4.90 Å². The Morgan fingerprint density at radius 3 is 2.12 bits per heavy atom. The van der Waals surface area contributed by atoms with Gasteiger partial charge in [0, 0.05) is 40.0 Å². The van der Waals surface area contributed by atoms with Crippen LogP contribution in [0.2, 0.25) is 0 Å². The molecule has 3 saturated carbocycles. The summed E-state index contributed by atoms with van der Waals surface area (Å²) in [5, 5.41) is 27.2. The summed E-state index contributed by atoms with van der Waals surface area (Å²) in [6.07, 6.45) is 11.9. The van der Waals surface area contributed by atoms with Gasteiger partial charge >= 0.3 is 6.03 Å². The minimum absolute atomic E-state index is 0.00695. The number of carbonyl (C=O) groups is 2. The van der Waals surface area contributed by atoms with Crippen molar-refractivity contribution in [1.82, 2.24) is 10.2 Å². The minimum atomic E-state index is -1.14. The molecule has 2 bridgehead atoms. The van der Waals surface area contributed by atoms with Gasteiger partial charge in [-0.1, -0.05) is 117 Å². The number of urea groups is 1. The Bertz CT molecular complexity index is 1910. The summed E-state index contributed by atoms with van der Waals surface area (Å²) >= 11 is 0. The van der Waals surface area contributed by atoms with Crippen LogP contribution in [0.5, 0.6) is 0 Å². The van der Waals surface area contributed by atoms with Gasteiger partial charge in [0.15, 0.2) is 5.78 Å². The Balaban J connectivity index is 1.19. The summed E-state index contributed by atoms with van der Waals surface area (Å²) in [4.78, 5) is 30.6. The first-order valence-electron chi connectivity index (χ1n) is 19.5. The molecular formula is C46H54N2O4. The molecule has 3 aromatic rings. The third-order valence-corrected chi connectivity index (χ3v) is 14.6. The first-order chi connectivity index (χ1) is 24.8. The van der Waals surface area contributed by atoms with Crippen LogP contribution in [0, 0.1) is 33.5 Å². The third-order valence-electron chi connectivity index (χ3n) is 14.6. The average molecular weight is 699 g/mol. The maximum absolute atomic E-state index is 15.1. The Hall–Kier alpha value is -4.00. The van der Waals surface area contributed by atoms with Gasteiger partial charge in [-0.15, -0.1) is 0 Å². The highest BCUT2D eigenvalue weighted by molar-refractivity contribution is 6.10. The van der Waals surface area contributed by atoms with Crippen LogP contribution in [0.25, 0.3) is 11.1 Å². The van der Waals surface area contributed by atoms with Gasteiger partial charge < -0.3 is 20.4 Å². The molecule has 0 aromatic heterocycles. The van der Waals surface area contributed by atoms with Gasteiger partial charge in [0.25, 0.3) is 0 Å². The van der Waals surface area contributed by atoms with E-state index in [2.05, 4.69) is 49.5 Å². The third kappa shape index (κ3) is 5.19. The predicted molar refractivity (Wildman–Crippen MR) is 205 cm³/mol. The van der Waals surface area contributed by atoms with E-state index in [-0.39, 0.29) is 41.7 Å². The van der Waals surface area contributed by atoms with Gasteiger partial charge in [-0.25, -0.2) is 4.79 Å². The molecule has 6 aliphatic carbocycles. The Labute approximate surface area is 309 Å². The fourth-order valence-corrected chi connectivity index (χ4v) is 11.9. The maximum atomic E-state index is 15.1. The van der Waals surface area contributed by atoms with E-state index in [1.165, 1.54) is 0 Å². The Kier molecular flexibility index (Phi) is 8.46. The first kappa shape index (κ1) is 35.1. The van der Waals surface area contributed by atoms with E-state index in [1.807, 2.05) is 86.6 Å². The number of rotatable bonds is 8. The highest BCUT2D eigenvalue weighted by Gasteiger charge is 2.74. The average Bonchev–Trinajstić information content (AvgIpc) is 3.41. The van der Waals surface area contributed by atoms with E-state index in [4.69, 9.17) is 0 Å². The van der Waals surface area contributed by atoms with Crippen LogP contribution in [0.15, 0.2) is 109 Å². The number of amides is 2. The normalized spacial score (nSPS) is 35.7. The standard InChI is InChI=1S/C46H54N2O4/c1-31(2)47-41(51)48(29-32-11-7-5-8-12-32)30-45(52)24-21-39-43(45,4)23-20-38-42(3)22-19-36(49)27-44(42)25-26-46(38,39)37(28-44)40(50)35-17-15-34(16-18-35)33-13-9-6-10-14-33/h5-18,25-26,28,31,36,38-39,49,52H,19-24,27,29-30H2,1-4H3,(H,47,51)/t36?,38-,39-,42-,43+,44+,45-,46-/m1/s1. The number of fused-ring (bicyclic) bond motifs is 1. The van der Waals surface area contributed by atoms with Crippen LogP contribution in [0.3, 0.4) is 0 Å². The van der Waals surface area contributed by atoms with Crippen molar-refractivity contribution in [2.24, 2.45) is 33.5 Å². The van der Waals surface area contributed by atoms with Crippen molar-refractivity contribution in [2.45, 2.75) is 96.9 Å². The number of benzene rings is 3. The van der Waals surface area contributed by atoms with Gasteiger partial charge in [0.2, 0.25) is 0 Å². The van der Waals surface area contributed by atoms with Gasteiger partial charge in [0.1, 0.15) is 0 Å². The van der Waals surface area contributed by atoms with Gasteiger partial charge in [-0.2, -0.15) is 0 Å². The lowest BCUT2D eigenvalue weighted by Gasteiger charge is -2.71. The van der Waals surface area contributed by atoms with Crippen molar-refractivity contribution in [3.05, 3.63) is 120 Å². The molecule has 1 unspecified atom stereocenters. The second kappa shape index (κ2) is 12.6.